The number of carbonyl (C=O) groups excluding carboxylic acids is 1. The molecule has 2 N–H and O–H groups in total. The van der Waals surface area contributed by atoms with E-state index in [2.05, 4.69) is 20.5 Å². The normalized spacial score (nSPS) is 19.3. The molecule has 2 aliphatic rings. The lowest BCUT2D eigenvalue weighted by molar-refractivity contribution is -0.138. The van der Waals surface area contributed by atoms with Gasteiger partial charge in [0.2, 0.25) is 5.91 Å². The van der Waals surface area contributed by atoms with Gasteiger partial charge >= 0.3 is 0 Å². The van der Waals surface area contributed by atoms with E-state index in [4.69, 9.17) is 0 Å². The second-order valence-corrected chi connectivity index (χ2v) is 9.30. The molecule has 1 aliphatic heterocycles. The summed E-state index contributed by atoms with van der Waals surface area (Å²) < 4.78 is 13.9. The van der Waals surface area contributed by atoms with Crippen LogP contribution in [-0.2, 0) is 11.3 Å². The third-order valence-corrected chi connectivity index (χ3v) is 6.86. The number of benzene rings is 1. The maximum Gasteiger partial charge on any atom is 0.230 e. The van der Waals surface area contributed by atoms with Crippen LogP contribution in [0.25, 0.3) is 0 Å². The van der Waals surface area contributed by atoms with Crippen molar-refractivity contribution in [1.82, 2.24) is 20.4 Å². The Balaban J connectivity index is 0.00000363. The molecule has 1 aromatic carbocycles. The fraction of sp³-hybridized carbons (Fsp3) is 0.667. The number of guanidine groups is 1. The fourth-order valence-corrected chi connectivity index (χ4v) is 4.92. The van der Waals surface area contributed by atoms with Gasteiger partial charge in [-0.1, -0.05) is 31.0 Å². The topological polar surface area (TPSA) is 60.0 Å². The smallest absolute Gasteiger partial charge is 0.230 e. The highest BCUT2D eigenvalue weighted by atomic mass is 127. The van der Waals surface area contributed by atoms with Gasteiger partial charge in [-0.2, -0.15) is 0 Å². The van der Waals surface area contributed by atoms with E-state index in [9.17, 15) is 9.18 Å². The SMILES string of the molecule is CN=C(NCC1CCN(Cc2ccccc2F)CC1)NCC1(C(=O)N(C)C)CCCC1.I. The number of hydrogen-bond acceptors (Lipinski definition) is 3. The molecule has 2 fully saturated rings. The van der Waals surface area contributed by atoms with Gasteiger partial charge in [0, 0.05) is 46.3 Å². The van der Waals surface area contributed by atoms with E-state index in [0.29, 0.717) is 19.0 Å². The van der Waals surface area contributed by atoms with Gasteiger partial charge in [0.15, 0.2) is 5.96 Å². The van der Waals surface area contributed by atoms with Crippen LogP contribution in [0.15, 0.2) is 29.3 Å². The van der Waals surface area contributed by atoms with Crippen molar-refractivity contribution in [2.75, 3.05) is 47.3 Å². The highest BCUT2D eigenvalue weighted by molar-refractivity contribution is 14.0. The number of rotatable bonds is 7. The molecule has 0 spiro atoms. The third kappa shape index (κ3) is 7.04. The molecular weight excluding hydrogens is 520 g/mol. The van der Waals surface area contributed by atoms with Gasteiger partial charge in [-0.05, 0) is 50.8 Å². The van der Waals surface area contributed by atoms with E-state index in [1.54, 1.807) is 18.0 Å². The zero-order valence-electron chi connectivity index (χ0n) is 19.7. The predicted molar refractivity (Wildman–Crippen MR) is 139 cm³/mol. The fourth-order valence-electron chi connectivity index (χ4n) is 4.92. The summed E-state index contributed by atoms with van der Waals surface area (Å²) in [5.74, 6) is 1.44. The number of hydrogen-bond donors (Lipinski definition) is 2. The van der Waals surface area contributed by atoms with Crippen molar-refractivity contribution in [3.8, 4) is 0 Å². The molecule has 1 saturated carbocycles. The first-order valence-electron chi connectivity index (χ1n) is 11.6. The molecule has 1 amide bonds. The van der Waals surface area contributed by atoms with Gasteiger partial charge < -0.3 is 15.5 Å². The quantitative estimate of drug-likeness (QED) is 0.305. The second-order valence-electron chi connectivity index (χ2n) is 9.30. The largest absolute Gasteiger partial charge is 0.356 e. The summed E-state index contributed by atoms with van der Waals surface area (Å²) in [6.07, 6.45) is 6.27. The van der Waals surface area contributed by atoms with Gasteiger partial charge in [0.25, 0.3) is 0 Å². The molecule has 1 heterocycles. The molecule has 1 saturated heterocycles. The average molecular weight is 560 g/mol. The van der Waals surface area contributed by atoms with Crippen molar-refractivity contribution >= 4 is 35.8 Å². The van der Waals surface area contributed by atoms with Crippen LogP contribution in [0.1, 0.15) is 44.1 Å². The van der Waals surface area contributed by atoms with Crippen molar-refractivity contribution in [3.05, 3.63) is 35.6 Å². The average Bonchev–Trinajstić information content (AvgIpc) is 3.26. The molecule has 0 aromatic heterocycles. The Morgan fingerprint density at radius 1 is 1.19 bits per heavy atom. The minimum Gasteiger partial charge on any atom is -0.356 e. The van der Waals surface area contributed by atoms with Crippen LogP contribution < -0.4 is 10.6 Å². The first-order chi connectivity index (χ1) is 14.9. The van der Waals surface area contributed by atoms with Crippen molar-refractivity contribution < 1.29 is 9.18 Å². The summed E-state index contributed by atoms with van der Waals surface area (Å²) in [5, 5.41) is 6.87. The molecular formula is C24H39FIN5O. The highest BCUT2D eigenvalue weighted by Crippen LogP contribution is 2.38. The predicted octanol–water partition coefficient (Wildman–Crippen LogP) is 3.47. The van der Waals surface area contributed by atoms with E-state index in [0.717, 1.165) is 69.7 Å². The summed E-state index contributed by atoms with van der Waals surface area (Å²) in [6, 6.07) is 7.04. The standard InChI is InChI=1S/C24H38FN5O.HI/c1-26-23(28-18-24(12-6-7-13-24)22(31)29(2)3)27-16-19-10-14-30(15-11-19)17-20-8-4-5-9-21(20)25;/h4-5,8-9,19H,6-7,10-18H2,1-3H3,(H2,26,27,28);1H. The first kappa shape index (κ1) is 26.8. The number of likely N-dealkylation sites (tertiary alicyclic amines) is 1. The van der Waals surface area contributed by atoms with Crippen LogP contribution in [0.5, 0.6) is 0 Å². The lowest BCUT2D eigenvalue weighted by Crippen LogP contribution is -2.50. The number of amides is 1. The first-order valence-corrected chi connectivity index (χ1v) is 11.6. The van der Waals surface area contributed by atoms with Crippen LogP contribution in [0.3, 0.4) is 0 Å². The number of nitrogens with one attached hydrogen (secondary N) is 2. The summed E-state index contributed by atoms with van der Waals surface area (Å²) in [6.45, 7) is 4.13. The van der Waals surface area contributed by atoms with Gasteiger partial charge in [-0.3, -0.25) is 14.7 Å². The van der Waals surface area contributed by atoms with Crippen LogP contribution >= 0.6 is 24.0 Å². The summed E-state index contributed by atoms with van der Waals surface area (Å²) in [7, 11) is 5.46. The van der Waals surface area contributed by atoms with Gasteiger partial charge in [-0.15, -0.1) is 24.0 Å². The number of aliphatic imine (C=N–C) groups is 1. The lowest BCUT2D eigenvalue weighted by Gasteiger charge is -2.33. The van der Waals surface area contributed by atoms with Crippen molar-refractivity contribution in [2.24, 2.45) is 16.3 Å². The minimum absolute atomic E-state index is 0. The van der Waals surface area contributed by atoms with E-state index >= 15 is 0 Å². The molecule has 1 aromatic rings. The third-order valence-electron chi connectivity index (χ3n) is 6.86. The molecule has 0 bridgehead atoms. The van der Waals surface area contributed by atoms with Gasteiger partial charge in [0.05, 0.1) is 5.41 Å². The minimum atomic E-state index is -0.306. The van der Waals surface area contributed by atoms with Crippen LogP contribution in [0, 0.1) is 17.2 Å². The zero-order valence-corrected chi connectivity index (χ0v) is 22.0. The van der Waals surface area contributed by atoms with Crippen LogP contribution in [0.2, 0.25) is 0 Å². The molecule has 180 valence electrons. The Morgan fingerprint density at radius 2 is 1.84 bits per heavy atom. The van der Waals surface area contributed by atoms with E-state index in [1.807, 2.05) is 26.2 Å². The summed E-state index contributed by atoms with van der Waals surface area (Å²) in [4.78, 5) is 21.2. The van der Waals surface area contributed by atoms with E-state index in [1.165, 1.54) is 6.07 Å². The lowest BCUT2D eigenvalue weighted by atomic mass is 9.84. The number of carbonyl (C=O) groups is 1. The van der Waals surface area contributed by atoms with Gasteiger partial charge in [0.1, 0.15) is 5.82 Å². The molecule has 32 heavy (non-hydrogen) atoms. The monoisotopic (exact) mass is 559 g/mol. The maximum atomic E-state index is 13.9. The summed E-state index contributed by atoms with van der Waals surface area (Å²) in [5.41, 5.74) is 0.468. The molecule has 0 unspecified atom stereocenters. The second kappa shape index (κ2) is 12.7. The van der Waals surface area contributed by atoms with Crippen molar-refractivity contribution in [1.29, 1.82) is 0 Å². The Hall–Kier alpha value is -1.42. The zero-order chi connectivity index (χ0) is 22.3. The number of piperidine rings is 1. The van der Waals surface area contributed by atoms with E-state index in [-0.39, 0.29) is 41.1 Å². The molecule has 1 aliphatic carbocycles. The Morgan fingerprint density at radius 3 is 2.44 bits per heavy atom. The molecule has 0 atom stereocenters. The Kier molecular flexibility index (Phi) is 10.7. The van der Waals surface area contributed by atoms with E-state index < -0.39 is 0 Å². The van der Waals surface area contributed by atoms with Crippen LogP contribution in [-0.4, -0.2) is 69.0 Å². The van der Waals surface area contributed by atoms with Gasteiger partial charge in [-0.25, -0.2) is 4.39 Å². The molecule has 8 heteroatoms. The van der Waals surface area contributed by atoms with Crippen LogP contribution in [0.4, 0.5) is 4.39 Å². The van der Waals surface area contributed by atoms with Crippen molar-refractivity contribution in [3.63, 3.8) is 0 Å². The Labute approximate surface area is 209 Å². The molecule has 6 nitrogen and oxygen atoms in total. The number of halogens is 2. The summed E-state index contributed by atoms with van der Waals surface area (Å²) >= 11 is 0. The van der Waals surface area contributed by atoms with Crippen molar-refractivity contribution in [2.45, 2.75) is 45.1 Å². The highest BCUT2D eigenvalue weighted by Gasteiger charge is 2.42. The molecule has 3 rings (SSSR count). The number of nitrogens with zero attached hydrogens (tertiary/aromatic N) is 3. The maximum absolute atomic E-state index is 13.9. The Bertz CT molecular complexity index is 759. The molecule has 0 radical (unpaired) electrons.